The van der Waals surface area contributed by atoms with Gasteiger partial charge in [-0.3, -0.25) is 4.79 Å². The molecule has 9 heteroatoms. The van der Waals surface area contributed by atoms with E-state index in [0.717, 1.165) is 11.1 Å². The van der Waals surface area contributed by atoms with Crippen LogP contribution in [0, 0.1) is 0 Å². The Morgan fingerprint density at radius 1 is 0.974 bits per heavy atom. The van der Waals surface area contributed by atoms with Gasteiger partial charge in [-0.25, -0.2) is 4.98 Å². The number of ether oxygens (including phenoxy) is 2. The minimum Gasteiger partial charge on any atom is -0.490 e. The van der Waals surface area contributed by atoms with Crippen molar-refractivity contribution in [2.24, 2.45) is 5.10 Å². The number of benzene rings is 4. The summed E-state index contributed by atoms with van der Waals surface area (Å²) in [5.41, 5.74) is 2.59. The van der Waals surface area contributed by atoms with Crippen LogP contribution in [0.15, 0.2) is 99.3 Å². The van der Waals surface area contributed by atoms with Crippen molar-refractivity contribution in [2.75, 3.05) is 6.61 Å². The molecule has 1 aromatic heterocycles. The highest BCUT2D eigenvalue weighted by Gasteiger charge is 2.18. The zero-order valence-corrected chi connectivity index (χ0v) is 23.9. The van der Waals surface area contributed by atoms with E-state index < -0.39 is 0 Å². The Morgan fingerprint density at radius 3 is 2.44 bits per heavy atom. The molecule has 0 unspecified atom stereocenters. The summed E-state index contributed by atoms with van der Waals surface area (Å²) in [7, 11) is 0. The third kappa shape index (κ3) is 5.86. The molecule has 5 rings (SSSR count). The number of nitrogens with zero attached hydrogens (tertiary/aromatic N) is 3. The standard InChI is InChI=1S/C30H22BrCl2N3O3/c1-2-38-25-16-21(26(31)27(33)28(25)39-18-19-12-14-22(32)15-13-19)17-34-36-29(20-8-4-3-5-9-20)35-24-11-7-6-10-23(24)30(36)37/h3-17H,2,18H2,1H3. The maximum Gasteiger partial charge on any atom is 0.282 e. The first-order valence-corrected chi connectivity index (χ1v) is 13.6. The number of halogens is 3. The summed E-state index contributed by atoms with van der Waals surface area (Å²) in [6.07, 6.45) is 1.55. The molecule has 0 radical (unpaired) electrons. The normalized spacial score (nSPS) is 11.3. The van der Waals surface area contributed by atoms with Crippen LogP contribution in [-0.4, -0.2) is 22.5 Å². The van der Waals surface area contributed by atoms with Gasteiger partial charge in [0.2, 0.25) is 0 Å². The molecule has 0 atom stereocenters. The monoisotopic (exact) mass is 621 g/mol. The number of fused-ring (bicyclic) bond motifs is 1. The highest BCUT2D eigenvalue weighted by atomic mass is 79.9. The summed E-state index contributed by atoms with van der Waals surface area (Å²) in [5, 5.41) is 5.99. The minimum absolute atomic E-state index is 0.273. The van der Waals surface area contributed by atoms with E-state index in [2.05, 4.69) is 21.0 Å². The Kier molecular flexibility index (Phi) is 8.31. The Morgan fingerprint density at radius 2 is 1.69 bits per heavy atom. The Bertz CT molecular complexity index is 1720. The summed E-state index contributed by atoms with van der Waals surface area (Å²) in [6, 6.07) is 25.8. The molecule has 0 aliphatic rings. The lowest BCUT2D eigenvalue weighted by molar-refractivity contribution is 0.269. The highest BCUT2D eigenvalue weighted by molar-refractivity contribution is 9.10. The first-order chi connectivity index (χ1) is 19.0. The van der Waals surface area contributed by atoms with Crippen molar-refractivity contribution in [3.05, 3.63) is 121 Å². The molecule has 0 saturated carbocycles. The Balaban J connectivity index is 1.56. The molecule has 0 spiro atoms. The smallest absolute Gasteiger partial charge is 0.282 e. The zero-order valence-electron chi connectivity index (χ0n) is 20.8. The third-order valence-electron chi connectivity index (χ3n) is 5.85. The van der Waals surface area contributed by atoms with Crippen molar-refractivity contribution in [3.63, 3.8) is 0 Å². The highest BCUT2D eigenvalue weighted by Crippen LogP contribution is 2.42. The van der Waals surface area contributed by atoms with E-state index in [1.54, 1.807) is 36.5 Å². The molecule has 196 valence electrons. The van der Waals surface area contributed by atoms with E-state index in [-0.39, 0.29) is 12.2 Å². The second-order valence-electron chi connectivity index (χ2n) is 8.45. The molecule has 0 bridgehead atoms. The third-order valence-corrected chi connectivity index (χ3v) is 7.55. The van der Waals surface area contributed by atoms with Crippen LogP contribution in [0.25, 0.3) is 22.3 Å². The van der Waals surface area contributed by atoms with Gasteiger partial charge >= 0.3 is 0 Å². The van der Waals surface area contributed by atoms with Crippen molar-refractivity contribution in [3.8, 4) is 22.9 Å². The molecule has 6 nitrogen and oxygen atoms in total. The number of hydrogen-bond acceptors (Lipinski definition) is 5. The van der Waals surface area contributed by atoms with Crippen LogP contribution in [-0.2, 0) is 6.61 Å². The van der Waals surface area contributed by atoms with Gasteiger partial charge in [0.05, 0.1) is 23.7 Å². The molecule has 0 amide bonds. The van der Waals surface area contributed by atoms with Gasteiger partial charge in [0.25, 0.3) is 5.56 Å². The minimum atomic E-state index is -0.286. The van der Waals surface area contributed by atoms with Crippen molar-refractivity contribution >= 4 is 56.2 Å². The SMILES string of the molecule is CCOc1cc(C=Nn2c(-c3ccccc3)nc3ccccc3c2=O)c(Br)c(Cl)c1OCc1ccc(Cl)cc1. The summed E-state index contributed by atoms with van der Waals surface area (Å²) < 4.78 is 13.7. The van der Waals surface area contributed by atoms with Crippen molar-refractivity contribution in [1.82, 2.24) is 9.66 Å². The summed E-state index contributed by atoms with van der Waals surface area (Å²) in [4.78, 5) is 18.2. The van der Waals surface area contributed by atoms with Crippen LogP contribution in [0.5, 0.6) is 11.5 Å². The topological polar surface area (TPSA) is 65.7 Å². The average molecular weight is 623 g/mol. The van der Waals surface area contributed by atoms with Crippen LogP contribution >= 0.6 is 39.1 Å². The maximum absolute atomic E-state index is 13.5. The van der Waals surface area contributed by atoms with E-state index >= 15 is 0 Å². The molecule has 4 aromatic carbocycles. The van der Waals surface area contributed by atoms with E-state index in [4.69, 9.17) is 37.7 Å². The van der Waals surface area contributed by atoms with Gasteiger partial charge < -0.3 is 9.47 Å². The first kappa shape index (κ1) is 26.9. The molecule has 0 aliphatic heterocycles. The van der Waals surface area contributed by atoms with Gasteiger partial charge in [0.15, 0.2) is 17.3 Å². The lowest BCUT2D eigenvalue weighted by atomic mass is 10.2. The molecular weight excluding hydrogens is 601 g/mol. The number of aromatic nitrogens is 2. The van der Waals surface area contributed by atoms with E-state index in [1.807, 2.05) is 61.5 Å². The quantitative estimate of drug-likeness (QED) is 0.165. The fourth-order valence-corrected chi connectivity index (χ4v) is 4.74. The number of rotatable bonds is 8. The second kappa shape index (κ2) is 12.0. The lowest BCUT2D eigenvalue weighted by Gasteiger charge is -2.16. The van der Waals surface area contributed by atoms with E-state index in [0.29, 0.717) is 54.9 Å². The molecule has 0 N–H and O–H groups in total. The van der Waals surface area contributed by atoms with Crippen LogP contribution in [0.1, 0.15) is 18.1 Å². The van der Waals surface area contributed by atoms with Gasteiger partial charge in [-0.1, -0.05) is 77.8 Å². The molecule has 39 heavy (non-hydrogen) atoms. The predicted molar refractivity (Wildman–Crippen MR) is 161 cm³/mol. The van der Waals surface area contributed by atoms with Crippen molar-refractivity contribution in [1.29, 1.82) is 0 Å². The van der Waals surface area contributed by atoms with Crippen molar-refractivity contribution < 1.29 is 9.47 Å². The maximum atomic E-state index is 13.5. The Labute approximate surface area is 243 Å². The van der Waals surface area contributed by atoms with Gasteiger partial charge in [0, 0.05) is 20.6 Å². The molecule has 1 heterocycles. The van der Waals surface area contributed by atoms with Gasteiger partial charge in [-0.15, -0.1) is 0 Å². The fourth-order valence-electron chi connectivity index (χ4n) is 3.96. The number of para-hydroxylation sites is 1. The van der Waals surface area contributed by atoms with Crippen LogP contribution in [0.4, 0.5) is 0 Å². The van der Waals surface area contributed by atoms with Gasteiger partial charge in [-0.05, 0) is 58.7 Å². The van der Waals surface area contributed by atoms with Crippen LogP contribution in [0.2, 0.25) is 10.0 Å². The largest absolute Gasteiger partial charge is 0.490 e. The molecule has 0 aliphatic carbocycles. The van der Waals surface area contributed by atoms with Crippen LogP contribution < -0.4 is 15.0 Å². The number of hydrogen-bond donors (Lipinski definition) is 0. The van der Waals surface area contributed by atoms with E-state index in [9.17, 15) is 4.79 Å². The average Bonchev–Trinajstić information content (AvgIpc) is 2.96. The molecular formula is C30H22BrCl2N3O3. The second-order valence-corrected chi connectivity index (χ2v) is 10.1. The van der Waals surface area contributed by atoms with E-state index in [1.165, 1.54) is 4.68 Å². The molecule has 5 aromatic rings. The fraction of sp³-hybridized carbons (Fsp3) is 0.100. The van der Waals surface area contributed by atoms with Gasteiger partial charge in [-0.2, -0.15) is 9.78 Å². The van der Waals surface area contributed by atoms with Crippen LogP contribution in [0.3, 0.4) is 0 Å². The predicted octanol–water partition coefficient (Wildman–Crippen LogP) is 7.99. The molecule has 0 saturated heterocycles. The lowest BCUT2D eigenvalue weighted by Crippen LogP contribution is -2.20. The first-order valence-electron chi connectivity index (χ1n) is 12.1. The van der Waals surface area contributed by atoms with Gasteiger partial charge in [0.1, 0.15) is 11.6 Å². The zero-order chi connectivity index (χ0) is 27.4. The molecule has 0 fully saturated rings. The summed E-state index contributed by atoms with van der Waals surface area (Å²) in [6.45, 7) is 2.55. The summed E-state index contributed by atoms with van der Waals surface area (Å²) >= 11 is 16.3. The Hall–Kier alpha value is -3.65. The summed E-state index contributed by atoms with van der Waals surface area (Å²) in [5.74, 6) is 1.27. The van der Waals surface area contributed by atoms with Crippen molar-refractivity contribution in [2.45, 2.75) is 13.5 Å².